The summed E-state index contributed by atoms with van der Waals surface area (Å²) in [5, 5.41) is 22.5. The molecule has 0 aliphatic heterocycles. The number of carbonyl (C=O) groups excluding carboxylic acids is 1. The summed E-state index contributed by atoms with van der Waals surface area (Å²) in [4.78, 5) is 12.1. The molecule has 1 amide bonds. The van der Waals surface area contributed by atoms with E-state index in [0.717, 1.165) is 17.7 Å². The van der Waals surface area contributed by atoms with Crippen LogP contribution >= 0.6 is 0 Å². The minimum Gasteiger partial charge on any atom is -0.505 e. The van der Waals surface area contributed by atoms with Gasteiger partial charge in [0, 0.05) is 12.1 Å². The van der Waals surface area contributed by atoms with Crippen LogP contribution in [0.2, 0.25) is 0 Å². The van der Waals surface area contributed by atoms with Crippen LogP contribution in [-0.4, -0.2) is 34.4 Å². The van der Waals surface area contributed by atoms with Crippen LogP contribution in [0.5, 0.6) is 5.75 Å². The molecule has 0 bridgehead atoms. The van der Waals surface area contributed by atoms with E-state index in [1.54, 1.807) is 12.1 Å². The number of amides is 1. The highest BCUT2D eigenvalue weighted by atomic mass is 19.1. The van der Waals surface area contributed by atoms with Crippen molar-refractivity contribution in [2.45, 2.75) is 44.0 Å². The topological polar surface area (TPSA) is 78.8 Å². The van der Waals surface area contributed by atoms with Crippen LogP contribution < -0.4 is 5.32 Å². The summed E-state index contributed by atoms with van der Waals surface area (Å²) in [5.41, 5.74) is -0.218. The Kier molecular flexibility index (Phi) is 6.26. The molecule has 0 atom stereocenters. The molecule has 1 aliphatic carbocycles. The molecule has 0 heterocycles. The Balaban J connectivity index is 1.45. The summed E-state index contributed by atoms with van der Waals surface area (Å²) in [6.07, 6.45) is 2.10. The number of halogens is 2. The molecule has 3 rings (SSSR count). The van der Waals surface area contributed by atoms with Crippen LogP contribution in [0.25, 0.3) is 0 Å². The predicted octanol–water partition coefficient (Wildman–Crippen LogP) is 3.29. The third-order valence-electron chi connectivity index (χ3n) is 5.03. The van der Waals surface area contributed by atoms with E-state index in [1.165, 1.54) is 18.2 Å². The number of ether oxygens (including phenoxy) is 1. The molecule has 1 saturated carbocycles. The van der Waals surface area contributed by atoms with Gasteiger partial charge in [-0.15, -0.1) is 0 Å². The van der Waals surface area contributed by atoms with Crippen LogP contribution in [0, 0.1) is 11.6 Å². The quantitative estimate of drug-likeness (QED) is 0.706. The zero-order valence-corrected chi connectivity index (χ0v) is 15.3. The van der Waals surface area contributed by atoms with Crippen molar-refractivity contribution < 1.29 is 28.5 Å². The number of aromatic hydroxyl groups is 1. The fourth-order valence-corrected chi connectivity index (χ4v) is 3.31. The molecule has 0 radical (unpaired) electrons. The maximum Gasteiger partial charge on any atom is 0.251 e. The van der Waals surface area contributed by atoms with Gasteiger partial charge in [-0.05, 0) is 61.6 Å². The smallest absolute Gasteiger partial charge is 0.251 e. The molecule has 28 heavy (non-hydrogen) atoms. The standard InChI is InChI=1S/C21H23F2NO4/c22-16-3-1-2-14(10-16)12-28-17-6-8-21(27,9-7-17)13-24-20(26)15-4-5-19(25)18(23)11-15/h1-5,10-11,17,25,27H,6-9,12-13H2,(H,24,26)/t17-,21-. The number of phenolic OH excluding ortho intramolecular Hbond substituents is 1. The lowest BCUT2D eigenvalue weighted by atomic mass is 9.83. The van der Waals surface area contributed by atoms with E-state index in [0.29, 0.717) is 32.3 Å². The van der Waals surface area contributed by atoms with Crippen molar-refractivity contribution in [1.82, 2.24) is 5.32 Å². The van der Waals surface area contributed by atoms with E-state index in [9.17, 15) is 23.8 Å². The first-order valence-electron chi connectivity index (χ1n) is 9.20. The van der Waals surface area contributed by atoms with Gasteiger partial charge in [0.15, 0.2) is 11.6 Å². The molecule has 7 heteroatoms. The van der Waals surface area contributed by atoms with Crippen LogP contribution in [0.1, 0.15) is 41.6 Å². The van der Waals surface area contributed by atoms with Gasteiger partial charge in [0.05, 0.1) is 18.3 Å². The lowest BCUT2D eigenvalue weighted by Gasteiger charge is -2.36. The summed E-state index contributed by atoms with van der Waals surface area (Å²) in [7, 11) is 0. The average Bonchev–Trinajstić information content (AvgIpc) is 2.68. The van der Waals surface area contributed by atoms with Crippen molar-refractivity contribution in [1.29, 1.82) is 0 Å². The Morgan fingerprint density at radius 2 is 1.93 bits per heavy atom. The number of aliphatic hydroxyl groups is 1. The van der Waals surface area contributed by atoms with Gasteiger partial charge in [-0.3, -0.25) is 4.79 Å². The highest BCUT2D eigenvalue weighted by Crippen LogP contribution is 2.30. The monoisotopic (exact) mass is 391 g/mol. The van der Waals surface area contributed by atoms with Gasteiger partial charge in [0.25, 0.3) is 5.91 Å². The molecule has 0 saturated heterocycles. The first kappa shape index (κ1) is 20.2. The number of hydrogen-bond donors (Lipinski definition) is 3. The van der Waals surface area contributed by atoms with Crippen molar-refractivity contribution in [2.75, 3.05) is 6.54 Å². The van der Waals surface area contributed by atoms with E-state index < -0.39 is 23.1 Å². The average molecular weight is 391 g/mol. The molecule has 5 nitrogen and oxygen atoms in total. The number of phenols is 1. The molecule has 2 aromatic carbocycles. The zero-order valence-electron chi connectivity index (χ0n) is 15.3. The zero-order chi connectivity index (χ0) is 20.1. The summed E-state index contributed by atoms with van der Waals surface area (Å²) in [6.45, 7) is 0.356. The second kappa shape index (κ2) is 8.67. The van der Waals surface area contributed by atoms with Crippen LogP contribution in [-0.2, 0) is 11.3 Å². The van der Waals surface area contributed by atoms with E-state index in [4.69, 9.17) is 4.74 Å². The SMILES string of the molecule is O=C(NC[C@]1(O)CC[C@H](OCc2cccc(F)c2)CC1)c1ccc(O)c(F)c1. The highest BCUT2D eigenvalue weighted by molar-refractivity contribution is 5.94. The van der Waals surface area contributed by atoms with Crippen molar-refractivity contribution >= 4 is 5.91 Å². The fraction of sp³-hybridized carbons (Fsp3) is 0.381. The number of benzene rings is 2. The van der Waals surface area contributed by atoms with Gasteiger partial charge >= 0.3 is 0 Å². The van der Waals surface area contributed by atoms with E-state index in [-0.39, 0.29) is 24.0 Å². The Bertz CT molecular complexity index is 835. The summed E-state index contributed by atoms with van der Waals surface area (Å²) < 4.78 is 32.4. The van der Waals surface area contributed by atoms with E-state index in [1.807, 2.05) is 0 Å². The second-order valence-corrected chi connectivity index (χ2v) is 7.21. The third-order valence-corrected chi connectivity index (χ3v) is 5.03. The van der Waals surface area contributed by atoms with Gasteiger partial charge in [0.2, 0.25) is 0 Å². The fourth-order valence-electron chi connectivity index (χ4n) is 3.31. The lowest BCUT2D eigenvalue weighted by Crippen LogP contribution is -2.46. The van der Waals surface area contributed by atoms with Crippen LogP contribution in [0.4, 0.5) is 8.78 Å². The molecule has 0 unspecified atom stereocenters. The highest BCUT2D eigenvalue weighted by Gasteiger charge is 2.34. The number of rotatable bonds is 6. The molecule has 0 aromatic heterocycles. The Morgan fingerprint density at radius 3 is 2.61 bits per heavy atom. The van der Waals surface area contributed by atoms with Crippen molar-refractivity contribution in [3.63, 3.8) is 0 Å². The Labute approximate surface area is 162 Å². The summed E-state index contributed by atoms with van der Waals surface area (Å²) >= 11 is 0. The third kappa shape index (κ3) is 5.27. The molecular formula is C21H23F2NO4. The molecule has 3 N–H and O–H groups in total. The first-order chi connectivity index (χ1) is 13.3. The Hall–Kier alpha value is -2.51. The normalized spacial score (nSPS) is 22.0. The minimum atomic E-state index is -1.05. The maximum absolute atomic E-state index is 13.4. The van der Waals surface area contributed by atoms with Crippen molar-refractivity contribution in [2.24, 2.45) is 0 Å². The number of nitrogens with one attached hydrogen (secondary N) is 1. The van der Waals surface area contributed by atoms with E-state index in [2.05, 4.69) is 5.32 Å². The maximum atomic E-state index is 13.4. The van der Waals surface area contributed by atoms with E-state index >= 15 is 0 Å². The van der Waals surface area contributed by atoms with Gasteiger partial charge in [0.1, 0.15) is 5.82 Å². The second-order valence-electron chi connectivity index (χ2n) is 7.21. The molecule has 1 fully saturated rings. The molecule has 0 spiro atoms. The van der Waals surface area contributed by atoms with Crippen molar-refractivity contribution in [3.05, 3.63) is 65.2 Å². The summed E-state index contributed by atoms with van der Waals surface area (Å²) in [6, 6.07) is 9.62. The largest absolute Gasteiger partial charge is 0.505 e. The van der Waals surface area contributed by atoms with Gasteiger partial charge in [-0.2, -0.15) is 0 Å². The number of carbonyl (C=O) groups is 1. The number of hydrogen-bond acceptors (Lipinski definition) is 4. The molecular weight excluding hydrogens is 368 g/mol. The minimum absolute atomic E-state index is 0.0366. The molecule has 1 aliphatic rings. The summed E-state index contributed by atoms with van der Waals surface area (Å²) in [5.74, 6) is -2.21. The Morgan fingerprint density at radius 1 is 1.18 bits per heavy atom. The van der Waals surface area contributed by atoms with Gasteiger partial charge < -0.3 is 20.3 Å². The molecule has 150 valence electrons. The van der Waals surface area contributed by atoms with Gasteiger partial charge in [-0.25, -0.2) is 8.78 Å². The first-order valence-corrected chi connectivity index (χ1v) is 9.20. The predicted molar refractivity (Wildman–Crippen MR) is 98.8 cm³/mol. The van der Waals surface area contributed by atoms with Crippen LogP contribution in [0.15, 0.2) is 42.5 Å². The van der Waals surface area contributed by atoms with Crippen LogP contribution in [0.3, 0.4) is 0 Å². The molecule has 2 aromatic rings. The lowest BCUT2D eigenvalue weighted by molar-refractivity contribution is -0.0582. The van der Waals surface area contributed by atoms with Crippen molar-refractivity contribution in [3.8, 4) is 5.75 Å². The van der Waals surface area contributed by atoms with Gasteiger partial charge in [-0.1, -0.05) is 12.1 Å².